The van der Waals surface area contributed by atoms with Gasteiger partial charge < -0.3 is 10.8 Å². The van der Waals surface area contributed by atoms with Crippen molar-refractivity contribution in [2.45, 2.75) is 31.7 Å². The van der Waals surface area contributed by atoms with E-state index in [2.05, 4.69) is 19.8 Å². The number of nitrogens with zero attached hydrogens (tertiary/aromatic N) is 5. The molecule has 0 aliphatic heterocycles. The Morgan fingerprint density at radius 2 is 2.00 bits per heavy atom. The third kappa shape index (κ3) is 5.93. The van der Waals surface area contributed by atoms with E-state index in [0.717, 1.165) is 11.3 Å². The summed E-state index contributed by atoms with van der Waals surface area (Å²) in [4.78, 5) is 13.5. The van der Waals surface area contributed by atoms with Gasteiger partial charge in [-0.25, -0.2) is 23.1 Å². The molecule has 0 spiro atoms. The second-order valence-corrected chi connectivity index (χ2v) is 10.5. The summed E-state index contributed by atoms with van der Waals surface area (Å²) in [5.74, 6) is 0.260. The molecule has 0 amide bonds. The van der Waals surface area contributed by atoms with Crippen LogP contribution in [0.25, 0.3) is 22.5 Å². The first-order chi connectivity index (χ1) is 17.3. The fourth-order valence-corrected chi connectivity index (χ4v) is 4.70. The number of sulfonamides is 1. The number of nitrogen functional groups attached to an aromatic ring is 1. The fourth-order valence-electron chi connectivity index (χ4n) is 3.63. The molecule has 11 heteroatoms. The number of aliphatic hydroxyl groups excluding tert-OH is 1. The highest BCUT2D eigenvalue weighted by atomic mass is 32.2. The SMILES string of the molecule is Cc1ccc(S(=O)(=O)NCCC(C)CO)cc1-c1cnc(N)c(-c2cnn(Cc3ccccn3)c2)n1. The van der Waals surface area contributed by atoms with E-state index in [1.807, 2.05) is 38.2 Å². The normalized spacial score (nSPS) is 12.5. The Hall–Kier alpha value is -3.67. The van der Waals surface area contributed by atoms with Gasteiger partial charge in [-0.2, -0.15) is 5.10 Å². The largest absolute Gasteiger partial charge is 0.396 e. The number of aliphatic hydroxyl groups is 1. The van der Waals surface area contributed by atoms with Crippen LogP contribution in [0.3, 0.4) is 0 Å². The van der Waals surface area contributed by atoms with E-state index in [1.165, 1.54) is 6.20 Å². The molecule has 0 saturated carbocycles. The molecule has 1 unspecified atom stereocenters. The van der Waals surface area contributed by atoms with Crippen LogP contribution in [0.4, 0.5) is 5.82 Å². The van der Waals surface area contributed by atoms with Crippen molar-refractivity contribution in [3.05, 3.63) is 72.4 Å². The second-order valence-electron chi connectivity index (χ2n) is 8.69. The van der Waals surface area contributed by atoms with Crippen LogP contribution in [-0.2, 0) is 16.6 Å². The Morgan fingerprint density at radius 1 is 1.17 bits per heavy atom. The fraction of sp³-hybridized carbons (Fsp3) is 0.280. The number of aryl methyl sites for hydroxylation is 1. The minimum atomic E-state index is -3.73. The molecule has 0 radical (unpaired) electrons. The highest BCUT2D eigenvalue weighted by Crippen LogP contribution is 2.29. The monoisotopic (exact) mass is 507 g/mol. The molecule has 4 rings (SSSR count). The molecule has 10 nitrogen and oxygen atoms in total. The van der Waals surface area contributed by atoms with Crippen LogP contribution in [-0.4, -0.2) is 51.4 Å². The second kappa shape index (κ2) is 10.9. The molecule has 0 saturated heterocycles. The summed E-state index contributed by atoms with van der Waals surface area (Å²) in [6, 6.07) is 10.6. The van der Waals surface area contributed by atoms with E-state index in [9.17, 15) is 8.42 Å². The minimum Gasteiger partial charge on any atom is -0.396 e. The molecule has 3 heterocycles. The minimum absolute atomic E-state index is 0.0105. The summed E-state index contributed by atoms with van der Waals surface area (Å²) in [7, 11) is -3.73. The molecule has 4 N–H and O–H groups in total. The maximum Gasteiger partial charge on any atom is 0.240 e. The number of hydrogen-bond donors (Lipinski definition) is 3. The number of aromatic nitrogens is 5. The first-order valence-corrected chi connectivity index (χ1v) is 13.0. The molecule has 0 aliphatic rings. The van der Waals surface area contributed by atoms with Gasteiger partial charge in [0.1, 0.15) is 11.5 Å². The zero-order valence-corrected chi connectivity index (χ0v) is 21.0. The predicted octanol–water partition coefficient (Wildman–Crippen LogP) is 2.64. The summed E-state index contributed by atoms with van der Waals surface area (Å²) in [6.45, 7) is 4.48. The molecule has 188 valence electrons. The van der Waals surface area contributed by atoms with Gasteiger partial charge in [0.05, 0.1) is 35.2 Å². The third-order valence-electron chi connectivity index (χ3n) is 5.79. The van der Waals surface area contributed by atoms with Gasteiger partial charge >= 0.3 is 0 Å². The maximum atomic E-state index is 12.8. The highest BCUT2D eigenvalue weighted by molar-refractivity contribution is 7.89. The highest BCUT2D eigenvalue weighted by Gasteiger charge is 2.18. The Morgan fingerprint density at radius 3 is 2.75 bits per heavy atom. The molecule has 3 aromatic heterocycles. The average Bonchev–Trinajstić information content (AvgIpc) is 3.33. The Kier molecular flexibility index (Phi) is 7.73. The van der Waals surface area contributed by atoms with Crippen molar-refractivity contribution in [2.75, 3.05) is 18.9 Å². The van der Waals surface area contributed by atoms with E-state index in [4.69, 9.17) is 15.8 Å². The number of anilines is 1. The van der Waals surface area contributed by atoms with Crippen LogP contribution < -0.4 is 10.5 Å². The summed E-state index contributed by atoms with van der Waals surface area (Å²) in [6.07, 6.45) is 7.29. The molecule has 1 atom stereocenters. The van der Waals surface area contributed by atoms with Crippen molar-refractivity contribution < 1.29 is 13.5 Å². The van der Waals surface area contributed by atoms with Gasteiger partial charge in [0.25, 0.3) is 0 Å². The first kappa shape index (κ1) is 25.4. The lowest BCUT2D eigenvalue weighted by atomic mass is 10.1. The zero-order valence-electron chi connectivity index (χ0n) is 20.2. The van der Waals surface area contributed by atoms with Crippen molar-refractivity contribution in [2.24, 2.45) is 5.92 Å². The van der Waals surface area contributed by atoms with Gasteiger partial charge in [0, 0.05) is 36.7 Å². The van der Waals surface area contributed by atoms with Gasteiger partial charge in [-0.05, 0) is 49.1 Å². The van der Waals surface area contributed by atoms with Gasteiger partial charge in [-0.1, -0.05) is 19.1 Å². The lowest BCUT2D eigenvalue weighted by molar-refractivity contribution is 0.231. The molecular weight excluding hydrogens is 478 g/mol. The van der Waals surface area contributed by atoms with Crippen molar-refractivity contribution in [1.29, 1.82) is 0 Å². The van der Waals surface area contributed by atoms with Crippen molar-refractivity contribution in [3.8, 4) is 22.5 Å². The van der Waals surface area contributed by atoms with Crippen LogP contribution >= 0.6 is 0 Å². The summed E-state index contributed by atoms with van der Waals surface area (Å²) in [5, 5.41) is 13.6. The van der Waals surface area contributed by atoms with E-state index < -0.39 is 10.0 Å². The number of nitrogens with two attached hydrogens (primary N) is 1. The van der Waals surface area contributed by atoms with Gasteiger partial charge in [0.2, 0.25) is 10.0 Å². The van der Waals surface area contributed by atoms with E-state index in [0.29, 0.717) is 35.5 Å². The topological polar surface area (TPSA) is 149 Å². The summed E-state index contributed by atoms with van der Waals surface area (Å²) in [5.41, 5.74) is 10.1. The number of pyridine rings is 1. The van der Waals surface area contributed by atoms with E-state index in [1.54, 1.807) is 35.3 Å². The standard InChI is InChI=1S/C25H29N7O3S/c1-17(16-33)8-10-30-36(34,35)21-7-6-18(2)22(11-21)23-13-28-25(26)24(31-23)19-12-29-32(14-19)15-20-5-3-4-9-27-20/h3-7,9,11-14,17,30,33H,8,10,15-16H2,1-2H3,(H2,26,28). The van der Waals surface area contributed by atoms with E-state index in [-0.39, 0.29) is 29.8 Å². The molecule has 0 bridgehead atoms. The van der Waals surface area contributed by atoms with E-state index >= 15 is 0 Å². The lowest BCUT2D eigenvalue weighted by Gasteiger charge is -2.12. The summed E-state index contributed by atoms with van der Waals surface area (Å²) >= 11 is 0. The molecule has 4 aromatic rings. The smallest absolute Gasteiger partial charge is 0.240 e. The quantitative estimate of drug-likeness (QED) is 0.297. The zero-order chi connectivity index (χ0) is 25.7. The lowest BCUT2D eigenvalue weighted by Crippen LogP contribution is -2.26. The number of benzene rings is 1. The third-order valence-corrected chi connectivity index (χ3v) is 7.25. The molecule has 1 aromatic carbocycles. The van der Waals surface area contributed by atoms with Crippen molar-refractivity contribution in [1.82, 2.24) is 29.5 Å². The summed E-state index contributed by atoms with van der Waals surface area (Å²) < 4.78 is 30.0. The number of rotatable bonds is 10. The van der Waals surface area contributed by atoms with Crippen LogP contribution in [0.15, 0.2) is 66.1 Å². The van der Waals surface area contributed by atoms with Crippen LogP contribution in [0.5, 0.6) is 0 Å². The van der Waals surface area contributed by atoms with Crippen molar-refractivity contribution >= 4 is 15.8 Å². The number of hydrogen-bond acceptors (Lipinski definition) is 8. The Balaban J connectivity index is 1.61. The van der Waals surface area contributed by atoms with Gasteiger partial charge in [-0.3, -0.25) is 9.67 Å². The first-order valence-electron chi connectivity index (χ1n) is 11.5. The molecule has 36 heavy (non-hydrogen) atoms. The van der Waals surface area contributed by atoms with Crippen molar-refractivity contribution in [3.63, 3.8) is 0 Å². The van der Waals surface area contributed by atoms with Gasteiger partial charge in [0.15, 0.2) is 0 Å². The molecular formula is C25H29N7O3S. The molecule has 0 aliphatic carbocycles. The molecule has 0 fully saturated rings. The Labute approximate surface area is 210 Å². The van der Waals surface area contributed by atoms with Crippen LogP contribution in [0, 0.1) is 12.8 Å². The number of nitrogens with one attached hydrogen (secondary N) is 1. The van der Waals surface area contributed by atoms with Crippen LogP contribution in [0.1, 0.15) is 24.6 Å². The maximum absolute atomic E-state index is 12.8. The van der Waals surface area contributed by atoms with Crippen LogP contribution in [0.2, 0.25) is 0 Å². The average molecular weight is 508 g/mol. The predicted molar refractivity (Wildman–Crippen MR) is 137 cm³/mol. The Bertz CT molecular complexity index is 1440. The van der Waals surface area contributed by atoms with Gasteiger partial charge in [-0.15, -0.1) is 0 Å².